The van der Waals surface area contributed by atoms with Gasteiger partial charge in [-0.1, -0.05) is 11.6 Å². The Hall–Kier alpha value is -0.630. The first kappa shape index (κ1) is 7.04. The molecule has 1 saturated heterocycles. The minimum atomic E-state index is 0.662. The Morgan fingerprint density at radius 2 is 2.55 bits per heavy atom. The molecule has 0 aromatic carbocycles. The number of ether oxygens (including phenoxy) is 1. The molecule has 0 spiro atoms. The highest BCUT2D eigenvalue weighted by atomic mass is 16.5. The highest BCUT2D eigenvalue weighted by Gasteiger charge is 2.36. The van der Waals surface area contributed by atoms with E-state index < -0.39 is 0 Å². The van der Waals surface area contributed by atoms with E-state index >= 15 is 0 Å². The second-order valence-electron chi connectivity index (χ2n) is 3.25. The maximum atomic E-state index is 10.1. The van der Waals surface area contributed by atoms with E-state index in [1.807, 2.05) is 0 Å². The molecule has 2 aliphatic rings. The van der Waals surface area contributed by atoms with Crippen LogP contribution in [0.4, 0.5) is 0 Å². The van der Waals surface area contributed by atoms with Gasteiger partial charge in [-0.05, 0) is 6.42 Å². The predicted molar refractivity (Wildman–Crippen MR) is 41.2 cm³/mol. The van der Waals surface area contributed by atoms with Gasteiger partial charge in [0.05, 0.1) is 13.2 Å². The lowest BCUT2D eigenvalue weighted by Crippen LogP contribution is -2.23. The number of carbonyl (C=O) groups is 1. The quantitative estimate of drug-likeness (QED) is 0.448. The van der Waals surface area contributed by atoms with E-state index in [4.69, 9.17) is 4.74 Å². The zero-order chi connectivity index (χ0) is 7.68. The van der Waals surface area contributed by atoms with Gasteiger partial charge in [-0.25, -0.2) is 0 Å². The smallest absolute Gasteiger partial charge is 0.120 e. The lowest BCUT2D eigenvalue weighted by atomic mass is 9.75. The fourth-order valence-electron chi connectivity index (χ4n) is 1.89. The molecule has 60 valence electrons. The molecule has 0 aromatic rings. The van der Waals surface area contributed by atoms with Crippen molar-refractivity contribution < 1.29 is 9.53 Å². The fraction of sp³-hybridized carbons (Fsp3) is 0.667. The molecule has 0 amide bonds. The molecule has 0 saturated carbocycles. The lowest BCUT2D eigenvalue weighted by molar-refractivity contribution is -0.107. The third-order valence-electron chi connectivity index (χ3n) is 2.58. The molecule has 0 aromatic heterocycles. The molecule has 0 radical (unpaired) electrons. The first-order valence-corrected chi connectivity index (χ1v) is 4.14. The van der Waals surface area contributed by atoms with Crippen LogP contribution in [0.1, 0.15) is 12.8 Å². The Morgan fingerprint density at radius 1 is 1.64 bits per heavy atom. The van der Waals surface area contributed by atoms with Gasteiger partial charge in [0.15, 0.2) is 0 Å². The molecule has 2 nitrogen and oxygen atoms in total. The number of carbonyl (C=O) groups excluding carboxylic acids is 1. The maximum absolute atomic E-state index is 10.1. The molecule has 2 rings (SSSR count). The molecule has 0 N–H and O–H groups in total. The van der Waals surface area contributed by atoms with Gasteiger partial charge in [0, 0.05) is 18.3 Å². The summed E-state index contributed by atoms with van der Waals surface area (Å²) >= 11 is 0. The highest BCUT2D eigenvalue weighted by molar-refractivity contribution is 5.50. The Balaban J connectivity index is 1.88. The molecule has 2 heteroatoms. The highest BCUT2D eigenvalue weighted by Crippen LogP contribution is 2.40. The molecule has 0 bridgehead atoms. The van der Waals surface area contributed by atoms with Crippen molar-refractivity contribution in [2.45, 2.75) is 12.8 Å². The van der Waals surface area contributed by atoms with E-state index in [1.54, 1.807) is 0 Å². The minimum Gasteiger partial charge on any atom is -0.380 e. The molecule has 11 heavy (non-hydrogen) atoms. The maximum Gasteiger partial charge on any atom is 0.120 e. The van der Waals surface area contributed by atoms with Crippen molar-refractivity contribution in [3.63, 3.8) is 0 Å². The van der Waals surface area contributed by atoms with Crippen LogP contribution < -0.4 is 0 Å². The lowest BCUT2D eigenvalue weighted by Gasteiger charge is -2.28. The van der Waals surface area contributed by atoms with E-state index in [2.05, 4.69) is 6.08 Å². The molecule has 1 aliphatic heterocycles. The van der Waals surface area contributed by atoms with E-state index in [1.165, 1.54) is 5.57 Å². The number of aldehydes is 1. The molecule has 2 unspecified atom stereocenters. The summed E-state index contributed by atoms with van der Waals surface area (Å²) in [7, 11) is 0. The van der Waals surface area contributed by atoms with Gasteiger partial charge < -0.3 is 9.53 Å². The van der Waals surface area contributed by atoms with Crippen LogP contribution in [0, 0.1) is 11.8 Å². The van der Waals surface area contributed by atoms with Crippen LogP contribution in [0.3, 0.4) is 0 Å². The number of rotatable bonds is 3. The Bertz CT molecular complexity index is 196. The summed E-state index contributed by atoms with van der Waals surface area (Å²) in [6.07, 6.45) is 4.88. The van der Waals surface area contributed by atoms with Crippen LogP contribution in [-0.2, 0) is 9.53 Å². The standard InChI is InChI=1S/C9H12O2/c10-3-1-2-7-4-8-5-11-6-9(7)8/h3-4,8-9H,1-2,5-6H2. The molecule has 1 aliphatic carbocycles. The average Bonchev–Trinajstić information content (AvgIpc) is 2.33. The average molecular weight is 152 g/mol. The van der Waals surface area contributed by atoms with Crippen molar-refractivity contribution in [1.29, 1.82) is 0 Å². The predicted octanol–water partition coefficient (Wildman–Crippen LogP) is 1.17. The SMILES string of the molecule is O=CCCC1=CC2COCC12. The summed E-state index contributed by atoms with van der Waals surface area (Å²) in [5.74, 6) is 1.34. The van der Waals surface area contributed by atoms with Crippen LogP contribution in [0.5, 0.6) is 0 Å². The van der Waals surface area contributed by atoms with Crippen LogP contribution in [-0.4, -0.2) is 19.5 Å². The van der Waals surface area contributed by atoms with E-state index in [-0.39, 0.29) is 0 Å². The van der Waals surface area contributed by atoms with Crippen LogP contribution in [0.15, 0.2) is 11.6 Å². The molecule has 1 fully saturated rings. The Morgan fingerprint density at radius 3 is 3.27 bits per heavy atom. The number of fused-ring (bicyclic) bond motifs is 1. The van der Waals surface area contributed by atoms with Gasteiger partial charge in [-0.3, -0.25) is 0 Å². The van der Waals surface area contributed by atoms with Crippen molar-refractivity contribution in [2.75, 3.05) is 13.2 Å². The summed E-state index contributed by atoms with van der Waals surface area (Å²) in [6.45, 7) is 1.78. The second kappa shape index (κ2) is 2.78. The largest absolute Gasteiger partial charge is 0.380 e. The topological polar surface area (TPSA) is 26.3 Å². The normalized spacial score (nSPS) is 34.0. The third-order valence-corrected chi connectivity index (χ3v) is 2.58. The summed E-state index contributed by atoms with van der Waals surface area (Å²) in [5.41, 5.74) is 1.44. The molecule has 2 atom stereocenters. The zero-order valence-corrected chi connectivity index (χ0v) is 6.45. The van der Waals surface area contributed by atoms with E-state index in [0.717, 1.165) is 25.9 Å². The first-order chi connectivity index (χ1) is 5.42. The van der Waals surface area contributed by atoms with Crippen molar-refractivity contribution in [3.8, 4) is 0 Å². The minimum absolute atomic E-state index is 0.662. The van der Waals surface area contributed by atoms with Crippen LogP contribution >= 0.6 is 0 Å². The van der Waals surface area contributed by atoms with Gasteiger partial charge in [-0.15, -0.1) is 0 Å². The van der Waals surface area contributed by atoms with E-state index in [9.17, 15) is 4.79 Å². The Kier molecular flexibility index (Phi) is 1.78. The monoisotopic (exact) mass is 152 g/mol. The number of hydrogen-bond acceptors (Lipinski definition) is 2. The van der Waals surface area contributed by atoms with Crippen LogP contribution in [0.2, 0.25) is 0 Å². The van der Waals surface area contributed by atoms with Gasteiger partial charge in [0.1, 0.15) is 6.29 Å². The van der Waals surface area contributed by atoms with Gasteiger partial charge in [0.25, 0.3) is 0 Å². The summed E-state index contributed by atoms with van der Waals surface area (Å²) in [6, 6.07) is 0. The van der Waals surface area contributed by atoms with Crippen molar-refractivity contribution in [2.24, 2.45) is 11.8 Å². The van der Waals surface area contributed by atoms with Crippen molar-refractivity contribution >= 4 is 6.29 Å². The Labute approximate surface area is 66.2 Å². The fourth-order valence-corrected chi connectivity index (χ4v) is 1.89. The summed E-state index contributed by atoms with van der Waals surface area (Å²) in [5, 5.41) is 0. The molecular weight excluding hydrogens is 140 g/mol. The van der Waals surface area contributed by atoms with Crippen LogP contribution in [0.25, 0.3) is 0 Å². The molecular formula is C9H12O2. The second-order valence-corrected chi connectivity index (χ2v) is 3.25. The van der Waals surface area contributed by atoms with E-state index in [0.29, 0.717) is 18.3 Å². The zero-order valence-electron chi connectivity index (χ0n) is 6.45. The first-order valence-electron chi connectivity index (χ1n) is 4.14. The number of hydrogen-bond donors (Lipinski definition) is 0. The van der Waals surface area contributed by atoms with Gasteiger partial charge >= 0.3 is 0 Å². The van der Waals surface area contributed by atoms with Crippen molar-refractivity contribution in [3.05, 3.63) is 11.6 Å². The van der Waals surface area contributed by atoms with Gasteiger partial charge in [0.2, 0.25) is 0 Å². The summed E-state index contributed by atoms with van der Waals surface area (Å²) in [4.78, 5) is 10.1. The van der Waals surface area contributed by atoms with Crippen molar-refractivity contribution in [1.82, 2.24) is 0 Å². The molecule has 1 heterocycles. The third kappa shape index (κ3) is 1.11. The summed E-state index contributed by atoms with van der Waals surface area (Å²) < 4.78 is 5.30. The van der Waals surface area contributed by atoms with Gasteiger partial charge in [-0.2, -0.15) is 0 Å².